The highest BCUT2D eigenvalue weighted by molar-refractivity contribution is 7.98. The molecule has 1 aliphatic heterocycles. The summed E-state index contributed by atoms with van der Waals surface area (Å²) < 4.78 is 0. The fraction of sp³-hybridized carbons (Fsp3) is 0.179. The lowest BCUT2D eigenvalue weighted by Gasteiger charge is -2.23. The van der Waals surface area contributed by atoms with Gasteiger partial charge >= 0.3 is 0 Å². The van der Waals surface area contributed by atoms with E-state index in [2.05, 4.69) is 64.5 Å². The topological polar surface area (TPSA) is 73.4 Å². The summed E-state index contributed by atoms with van der Waals surface area (Å²) in [6.45, 7) is 4.39. The predicted molar refractivity (Wildman–Crippen MR) is 144 cm³/mol. The largest absolute Gasteiger partial charge is 0.347 e. The number of carbonyl (C=O) groups excluding carboxylic acids is 1. The standard InChI is InChI=1S/C28H27N5OS/c1-28(2)21-8-4-7-11-24(21)33(3)25(28)16-17-29-32-26(34)20-14-12-19(13-15-20)18-35-27-30-22-9-5-6-10-23(22)31-27/h4-17H,18H2,1-3H3,(H,30,31)(H,32,34)/b25-16-,29-17+. The van der Waals surface area contributed by atoms with Gasteiger partial charge in [-0.3, -0.25) is 4.79 Å². The van der Waals surface area contributed by atoms with Crippen LogP contribution in [0.4, 0.5) is 5.69 Å². The van der Waals surface area contributed by atoms with Crippen molar-refractivity contribution in [3.8, 4) is 0 Å². The fourth-order valence-electron chi connectivity index (χ4n) is 4.47. The lowest BCUT2D eigenvalue weighted by molar-refractivity contribution is 0.0955. The number of likely N-dealkylation sites (N-methyl/N-ethyl adjacent to an activating group) is 1. The Hall–Kier alpha value is -3.84. The zero-order chi connectivity index (χ0) is 24.4. The van der Waals surface area contributed by atoms with Crippen molar-refractivity contribution in [2.45, 2.75) is 30.2 Å². The molecule has 0 saturated carbocycles. The van der Waals surface area contributed by atoms with Gasteiger partial charge in [-0.1, -0.05) is 68.1 Å². The minimum Gasteiger partial charge on any atom is -0.347 e. The molecule has 1 aliphatic rings. The first-order valence-electron chi connectivity index (χ1n) is 11.5. The van der Waals surface area contributed by atoms with Crippen LogP contribution in [0.5, 0.6) is 0 Å². The molecule has 6 nitrogen and oxygen atoms in total. The Labute approximate surface area is 209 Å². The number of hydrazone groups is 1. The Balaban J connectivity index is 1.17. The third kappa shape index (κ3) is 4.59. The maximum atomic E-state index is 12.5. The van der Waals surface area contributed by atoms with Crippen LogP contribution in [0.3, 0.4) is 0 Å². The molecular formula is C28H27N5OS. The van der Waals surface area contributed by atoms with Crippen LogP contribution in [-0.4, -0.2) is 29.1 Å². The second-order valence-electron chi connectivity index (χ2n) is 9.02. The van der Waals surface area contributed by atoms with Gasteiger partial charge in [0.15, 0.2) is 5.16 Å². The maximum Gasteiger partial charge on any atom is 0.271 e. The zero-order valence-electron chi connectivity index (χ0n) is 19.9. The summed E-state index contributed by atoms with van der Waals surface area (Å²) >= 11 is 1.64. The summed E-state index contributed by atoms with van der Waals surface area (Å²) in [5.41, 5.74) is 9.78. The molecule has 2 N–H and O–H groups in total. The molecule has 5 rings (SSSR count). The lowest BCUT2D eigenvalue weighted by Crippen LogP contribution is -2.23. The quantitative estimate of drug-likeness (QED) is 0.205. The van der Waals surface area contributed by atoms with Crippen molar-refractivity contribution in [1.82, 2.24) is 15.4 Å². The summed E-state index contributed by atoms with van der Waals surface area (Å²) in [6.07, 6.45) is 3.61. The molecule has 0 saturated heterocycles. The number of para-hydroxylation sites is 3. The van der Waals surface area contributed by atoms with Gasteiger partial charge in [0.05, 0.1) is 11.0 Å². The second-order valence-corrected chi connectivity index (χ2v) is 9.98. The van der Waals surface area contributed by atoms with E-state index in [9.17, 15) is 4.79 Å². The molecule has 0 unspecified atom stereocenters. The third-order valence-corrected chi connectivity index (χ3v) is 7.32. The van der Waals surface area contributed by atoms with Crippen molar-refractivity contribution in [1.29, 1.82) is 0 Å². The molecule has 2 heterocycles. The van der Waals surface area contributed by atoms with Crippen molar-refractivity contribution in [2.75, 3.05) is 11.9 Å². The second kappa shape index (κ2) is 9.43. The van der Waals surface area contributed by atoms with E-state index in [-0.39, 0.29) is 11.3 Å². The van der Waals surface area contributed by atoms with E-state index >= 15 is 0 Å². The minimum atomic E-state index is -0.238. The van der Waals surface area contributed by atoms with E-state index in [1.807, 2.05) is 60.7 Å². The summed E-state index contributed by atoms with van der Waals surface area (Å²) in [7, 11) is 2.06. The van der Waals surface area contributed by atoms with Crippen LogP contribution in [0, 0.1) is 0 Å². The van der Waals surface area contributed by atoms with E-state index in [0.717, 1.165) is 33.2 Å². The smallest absolute Gasteiger partial charge is 0.271 e. The van der Waals surface area contributed by atoms with Crippen molar-refractivity contribution < 1.29 is 4.79 Å². The van der Waals surface area contributed by atoms with Gasteiger partial charge in [-0.15, -0.1) is 0 Å². The third-order valence-electron chi connectivity index (χ3n) is 6.37. The van der Waals surface area contributed by atoms with Crippen LogP contribution < -0.4 is 10.3 Å². The number of hydrogen-bond donors (Lipinski definition) is 2. The van der Waals surface area contributed by atoms with E-state index in [4.69, 9.17) is 0 Å². The van der Waals surface area contributed by atoms with Gasteiger partial charge in [-0.05, 0) is 47.5 Å². The molecule has 0 radical (unpaired) electrons. The summed E-state index contributed by atoms with van der Waals surface area (Å²) in [4.78, 5) is 22.6. The lowest BCUT2D eigenvalue weighted by atomic mass is 9.84. The van der Waals surface area contributed by atoms with E-state index in [1.54, 1.807) is 18.0 Å². The number of aromatic amines is 1. The number of benzene rings is 3. The fourth-order valence-corrected chi connectivity index (χ4v) is 5.31. The Morgan fingerprint density at radius 3 is 2.60 bits per heavy atom. The number of hydrogen-bond acceptors (Lipinski definition) is 5. The average molecular weight is 482 g/mol. The molecule has 176 valence electrons. The van der Waals surface area contributed by atoms with Crippen molar-refractivity contribution in [3.05, 3.63) is 101 Å². The van der Waals surface area contributed by atoms with Gasteiger partial charge in [0.25, 0.3) is 5.91 Å². The maximum absolute atomic E-state index is 12.5. The van der Waals surface area contributed by atoms with Crippen LogP contribution in [0.1, 0.15) is 35.3 Å². The Morgan fingerprint density at radius 2 is 1.83 bits per heavy atom. The summed E-state index contributed by atoms with van der Waals surface area (Å²) in [5.74, 6) is 0.525. The molecule has 4 aromatic rings. The number of carbonyl (C=O) groups is 1. The molecule has 7 heteroatoms. The van der Waals surface area contributed by atoms with Gasteiger partial charge < -0.3 is 9.88 Å². The Bertz CT molecular complexity index is 1400. The van der Waals surface area contributed by atoms with Crippen LogP contribution >= 0.6 is 11.8 Å². The SMILES string of the molecule is CN1/C(=C\C=N\NC(=O)c2ccc(CSc3nc4ccccc4[nH]3)cc2)C(C)(C)c2ccccc21. The average Bonchev–Trinajstić information content (AvgIpc) is 3.37. The highest BCUT2D eigenvalue weighted by Crippen LogP contribution is 2.46. The number of nitrogens with zero attached hydrogens (tertiary/aromatic N) is 3. The zero-order valence-corrected chi connectivity index (χ0v) is 20.8. The minimum absolute atomic E-state index is 0.127. The van der Waals surface area contributed by atoms with Crippen LogP contribution in [0.2, 0.25) is 0 Å². The molecule has 0 fully saturated rings. The summed E-state index contributed by atoms with van der Waals surface area (Å²) in [6, 6.07) is 23.9. The molecule has 0 aliphatic carbocycles. The van der Waals surface area contributed by atoms with Gasteiger partial charge in [0, 0.05) is 41.4 Å². The molecular weight excluding hydrogens is 454 g/mol. The number of nitrogens with one attached hydrogen (secondary N) is 2. The van der Waals surface area contributed by atoms with Gasteiger partial charge in [0.1, 0.15) is 0 Å². The van der Waals surface area contributed by atoms with Gasteiger partial charge in [0.2, 0.25) is 0 Å². The van der Waals surface area contributed by atoms with Crippen LogP contribution in [0.15, 0.2) is 94.8 Å². The van der Waals surface area contributed by atoms with Crippen molar-refractivity contribution in [3.63, 3.8) is 0 Å². The first-order valence-corrected chi connectivity index (χ1v) is 12.5. The first-order chi connectivity index (χ1) is 16.9. The van der Waals surface area contributed by atoms with Crippen molar-refractivity contribution in [2.24, 2.45) is 5.10 Å². The number of imidazole rings is 1. The molecule has 1 aromatic heterocycles. The Morgan fingerprint density at radius 1 is 1.09 bits per heavy atom. The number of allylic oxidation sites excluding steroid dienone is 2. The highest BCUT2D eigenvalue weighted by Gasteiger charge is 2.37. The molecule has 0 bridgehead atoms. The van der Waals surface area contributed by atoms with E-state index in [1.165, 1.54) is 11.3 Å². The first kappa shape index (κ1) is 22.9. The number of thioether (sulfide) groups is 1. The molecule has 0 atom stereocenters. The number of anilines is 1. The van der Waals surface area contributed by atoms with Crippen LogP contribution in [-0.2, 0) is 11.2 Å². The molecule has 1 amide bonds. The molecule has 3 aromatic carbocycles. The molecule has 35 heavy (non-hydrogen) atoms. The highest BCUT2D eigenvalue weighted by atomic mass is 32.2. The number of aromatic nitrogens is 2. The predicted octanol–water partition coefficient (Wildman–Crippen LogP) is 5.88. The number of amides is 1. The van der Waals surface area contributed by atoms with E-state index < -0.39 is 0 Å². The summed E-state index contributed by atoms with van der Waals surface area (Å²) in [5, 5.41) is 5.03. The number of H-pyrrole nitrogens is 1. The number of rotatable bonds is 6. The van der Waals surface area contributed by atoms with Crippen LogP contribution in [0.25, 0.3) is 11.0 Å². The van der Waals surface area contributed by atoms with Gasteiger partial charge in [-0.25, -0.2) is 10.4 Å². The Kier molecular flexibility index (Phi) is 6.17. The number of fused-ring (bicyclic) bond motifs is 2. The molecule has 0 spiro atoms. The van der Waals surface area contributed by atoms with Crippen molar-refractivity contribution >= 4 is 40.6 Å². The monoisotopic (exact) mass is 481 g/mol. The van der Waals surface area contributed by atoms with E-state index in [0.29, 0.717) is 5.56 Å². The normalized spacial score (nSPS) is 15.7. The van der Waals surface area contributed by atoms with Gasteiger partial charge in [-0.2, -0.15) is 5.10 Å².